The van der Waals surface area contributed by atoms with E-state index in [1.54, 1.807) is 12.3 Å². The molecule has 96 valence electrons. The molecule has 1 N–H and O–H groups in total. The van der Waals surface area contributed by atoms with Gasteiger partial charge in [-0.05, 0) is 46.3 Å². The third-order valence-electron chi connectivity index (χ3n) is 3.00. The van der Waals surface area contributed by atoms with Crippen LogP contribution in [-0.4, -0.2) is 4.98 Å². The van der Waals surface area contributed by atoms with Crippen molar-refractivity contribution in [3.8, 4) is 6.07 Å². The molecule has 0 amide bonds. The van der Waals surface area contributed by atoms with Gasteiger partial charge in [-0.15, -0.1) is 0 Å². The third kappa shape index (κ3) is 2.36. The van der Waals surface area contributed by atoms with Crippen molar-refractivity contribution in [1.82, 2.24) is 4.98 Å². The van der Waals surface area contributed by atoms with Gasteiger partial charge >= 0.3 is 0 Å². The highest BCUT2D eigenvalue weighted by Crippen LogP contribution is 2.27. The number of hydrogen-bond donors (Lipinski definition) is 1. The number of fused-ring (bicyclic) bond motifs is 1. The van der Waals surface area contributed by atoms with Gasteiger partial charge in [-0.3, -0.25) is 4.98 Å². The van der Waals surface area contributed by atoms with E-state index in [9.17, 15) is 0 Å². The van der Waals surface area contributed by atoms with Crippen molar-refractivity contribution in [2.75, 3.05) is 5.32 Å². The summed E-state index contributed by atoms with van der Waals surface area (Å²) in [4.78, 5) is 4.41. The Labute approximate surface area is 125 Å². The van der Waals surface area contributed by atoms with Gasteiger partial charge in [0.05, 0.1) is 16.8 Å². The summed E-state index contributed by atoms with van der Waals surface area (Å²) >= 11 is 3.39. The van der Waals surface area contributed by atoms with Gasteiger partial charge in [0.15, 0.2) is 0 Å². The van der Waals surface area contributed by atoms with Gasteiger partial charge in [-0.25, -0.2) is 0 Å². The third-order valence-corrected chi connectivity index (χ3v) is 3.66. The molecular formula is C16H10BrN3. The summed E-state index contributed by atoms with van der Waals surface area (Å²) in [7, 11) is 0. The number of nitriles is 1. The first-order valence-electron chi connectivity index (χ1n) is 6.08. The molecule has 4 heteroatoms. The number of halogens is 1. The molecule has 0 aliphatic rings. The van der Waals surface area contributed by atoms with Crippen molar-refractivity contribution in [1.29, 1.82) is 5.26 Å². The van der Waals surface area contributed by atoms with Gasteiger partial charge in [-0.2, -0.15) is 5.26 Å². The molecule has 2 aromatic carbocycles. The van der Waals surface area contributed by atoms with Gasteiger partial charge < -0.3 is 5.32 Å². The number of anilines is 2. The lowest BCUT2D eigenvalue weighted by Crippen LogP contribution is -1.93. The van der Waals surface area contributed by atoms with Crippen LogP contribution in [0.2, 0.25) is 0 Å². The quantitative estimate of drug-likeness (QED) is 0.749. The summed E-state index contributed by atoms with van der Waals surface area (Å²) in [5.41, 5.74) is 3.40. The van der Waals surface area contributed by atoms with E-state index in [4.69, 9.17) is 5.26 Å². The molecule has 20 heavy (non-hydrogen) atoms. The van der Waals surface area contributed by atoms with Crippen LogP contribution in [0.1, 0.15) is 5.56 Å². The molecular weight excluding hydrogens is 314 g/mol. The standard InChI is InChI=1S/C16H10BrN3/c17-14-9-13(7-6-12(14)10-18)20-15-5-1-3-11-4-2-8-19-16(11)15/h1-9,20H. The molecule has 3 aromatic rings. The number of hydrogen-bond acceptors (Lipinski definition) is 3. The van der Waals surface area contributed by atoms with Crippen molar-refractivity contribution >= 4 is 38.2 Å². The maximum Gasteiger partial charge on any atom is 0.100 e. The zero-order valence-electron chi connectivity index (χ0n) is 10.5. The second-order valence-corrected chi connectivity index (χ2v) is 5.17. The highest BCUT2D eigenvalue weighted by molar-refractivity contribution is 9.10. The SMILES string of the molecule is N#Cc1ccc(Nc2cccc3cccnc23)cc1Br. The Morgan fingerprint density at radius 3 is 2.75 bits per heavy atom. The summed E-state index contributed by atoms with van der Waals surface area (Å²) in [6, 6.07) is 17.6. The smallest absolute Gasteiger partial charge is 0.100 e. The minimum atomic E-state index is 0.617. The maximum atomic E-state index is 8.93. The lowest BCUT2D eigenvalue weighted by atomic mass is 10.1. The van der Waals surface area contributed by atoms with Crippen LogP contribution in [0.4, 0.5) is 11.4 Å². The van der Waals surface area contributed by atoms with E-state index in [-0.39, 0.29) is 0 Å². The van der Waals surface area contributed by atoms with E-state index in [1.807, 2.05) is 42.5 Å². The lowest BCUT2D eigenvalue weighted by molar-refractivity contribution is 1.40. The largest absolute Gasteiger partial charge is 0.354 e. The average molecular weight is 324 g/mol. The zero-order valence-corrected chi connectivity index (χ0v) is 12.1. The fourth-order valence-electron chi connectivity index (χ4n) is 2.04. The van der Waals surface area contributed by atoms with Crippen LogP contribution < -0.4 is 5.32 Å². The summed E-state index contributed by atoms with van der Waals surface area (Å²) < 4.78 is 0.776. The molecule has 0 atom stereocenters. The van der Waals surface area contributed by atoms with E-state index >= 15 is 0 Å². The number of benzene rings is 2. The normalized spacial score (nSPS) is 10.2. The fraction of sp³-hybridized carbons (Fsp3) is 0. The van der Waals surface area contributed by atoms with Gasteiger partial charge in [0.25, 0.3) is 0 Å². The Kier molecular flexibility index (Phi) is 3.36. The number of rotatable bonds is 2. The first-order valence-corrected chi connectivity index (χ1v) is 6.87. The van der Waals surface area contributed by atoms with Crippen molar-refractivity contribution in [3.05, 3.63) is 64.8 Å². The van der Waals surface area contributed by atoms with Crippen LogP contribution >= 0.6 is 15.9 Å². The molecule has 0 saturated carbocycles. The van der Waals surface area contributed by atoms with Crippen LogP contribution in [0.25, 0.3) is 10.9 Å². The molecule has 3 rings (SSSR count). The van der Waals surface area contributed by atoms with E-state index in [1.165, 1.54) is 0 Å². The molecule has 3 nitrogen and oxygen atoms in total. The minimum Gasteiger partial charge on any atom is -0.354 e. The van der Waals surface area contributed by atoms with E-state index < -0.39 is 0 Å². The second-order valence-electron chi connectivity index (χ2n) is 4.31. The van der Waals surface area contributed by atoms with Crippen molar-refractivity contribution < 1.29 is 0 Å². The summed E-state index contributed by atoms with van der Waals surface area (Å²) in [5, 5.41) is 13.4. The Morgan fingerprint density at radius 2 is 1.95 bits per heavy atom. The number of aromatic nitrogens is 1. The Balaban J connectivity index is 2.02. The van der Waals surface area contributed by atoms with Crippen molar-refractivity contribution in [2.45, 2.75) is 0 Å². The van der Waals surface area contributed by atoms with E-state index in [0.29, 0.717) is 5.56 Å². The summed E-state index contributed by atoms with van der Waals surface area (Å²) in [6.45, 7) is 0. The number of nitrogens with one attached hydrogen (secondary N) is 1. The molecule has 0 aliphatic heterocycles. The van der Waals surface area contributed by atoms with Crippen LogP contribution in [0.5, 0.6) is 0 Å². The van der Waals surface area contributed by atoms with E-state index in [0.717, 1.165) is 26.8 Å². The molecule has 0 spiro atoms. The van der Waals surface area contributed by atoms with Crippen molar-refractivity contribution in [2.24, 2.45) is 0 Å². The zero-order chi connectivity index (χ0) is 13.9. The van der Waals surface area contributed by atoms with Crippen LogP contribution in [0, 0.1) is 11.3 Å². The highest BCUT2D eigenvalue weighted by Gasteiger charge is 2.04. The molecule has 1 heterocycles. The van der Waals surface area contributed by atoms with Gasteiger partial charge in [0.2, 0.25) is 0 Å². The molecule has 0 radical (unpaired) electrons. The lowest BCUT2D eigenvalue weighted by Gasteiger charge is -2.09. The van der Waals surface area contributed by atoms with Gasteiger partial charge in [0, 0.05) is 21.7 Å². The number of nitrogens with zero attached hydrogens (tertiary/aromatic N) is 2. The van der Waals surface area contributed by atoms with Crippen LogP contribution in [0.3, 0.4) is 0 Å². The summed E-state index contributed by atoms with van der Waals surface area (Å²) in [5.74, 6) is 0. The average Bonchev–Trinajstić information content (AvgIpc) is 2.48. The summed E-state index contributed by atoms with van der Waals surface area (Å²) in [6.07, 6.45) is 1.78. The highest BCUT2D eigenvalue weighted by atomic mass is 79.9. The number of para-hydroxylation sites is 1. The molecule has 0 unspecified atom stereocenters. The number of pyridine rings is 1. The first-order chi connectivity index (χ1) is 9.78. The van der Waals surface area contributed by atoms with Crippen LogP contribution in [-0.2, 0) is 0 Å². The molecule has 0 saturated heterocycles. The van der Waals surface area contributed by atoms with Gasteiger partial charge in [0.1, 0.15) is 6.07 Å². The van der Waals surface area contributed by atoms with E-state index in [2.05, 4.69) is 32.3 Å². The Morgan fingerprint density at radius 1 is 1.10 bits per heavy atom. The van der Waals surface area contributed by atoms with Crippen molar-refractivity contribution in [3.63, 3.8) is 0 Å². The Hall–Kier alpha value is -2.38. The molecule has 1 aromatic heterocycles. The predicted octanol–water partition coefficient (Wildman–Crippen LogP) is 4.61. The maximum absolute atomic E-state index is 8.93. The topological polar surface area (TPSA) is 48.7 Å². The molecule has 0 bridgehead atoms. The second kappa shape index (κ2) is 5.32. The molecule has 0 aliphatic carbocycles. The first kappa shape index (κ1) is 12.6. The monoisotopic (exact) mass is 323 g/mol. The Bertz CT molecular complexity index is 816. The predicted molar refractivity (Wildman–Crippen MR) is 83.9 cm³/mol. The fourth-order valence-corrected chi connectivity index (χ4v) is 2.51. The minimum absolute atomic E-state index is 0.617. The van der Waals surface area contributed by atoms with Gasteiger partial charge in [-0.1, -0.05) is 18.2 Å². The molecule has 0 fully saturated rings. The van der Waals surface area contributed by atoms with Crippen LogP contribution in [0.15, 0.2) is 59.2 Å².